The first-order valence-electron chi connectivity index (χ1n) is 8.81. The number of piperidine rings is 1. The maximum atomic E-state index is 12.3. The average molecular weight is 331 g/mol. The van der Waals surface area contributed by atoms with Crippen molar-refractivity contribution in [2.75, 3.05) is 19.6 Å². The lowest BCUT2D eigenvalue weighted by molar-refractivity contribution is -0.134. The molecule has 0 aliphatic carbocycles. The number of hydrogen-bond donors (Lipinski definition) is 2. The molecule has 1 aliphatic rings. The highest BCUT2D eigenvalue weighted by Crippen LogP contribution is 2.18. The standard InChI is InChI=1S/C19H29N3O2/c1-14-5-7-16(8-6-14)9-10-18(23)21-12-19(24)22-11-3-4-17(13-22)15(2)20/h5-8,15,17H,3-4,9-13,20H2,1-2H3,(H,21,23). The number of nitrogens with zero attached hydrogens (tertiary/aromatic N) is 1. The van der Waals surface area contributed by atoms with E-state index in [1.54, 1.807) is 0 Å². The van der Waals surface area contributed by atoms with E-state index in [9.17, 15) is 9.59 Å². The minimum atomic E-state index is -0.0790. The molecule has 2 rings (SSSR count). The van der Waals surface area contributed by atoms with Crippen LogP contribution in [0.15, 0.2) is 24.3 Å². The maximum Gasteiger partial charge on any atom is 0.241 e. The van der Waals surface area contributed by atoms with Crippen LogP contribution in [0, 0.1) is 12.8 Å². The summed E-state index contributed by atoms with van der Waals surface area (Å²) in [6.45, 7) is 5.58. The number of carbonyl (C=O) groups excluding carboxylic acids is 2. The van der Waals surface area contributed by atoms with Crippen molar-refractivity contribution in [3.8, 4) is 0 Å². The Morgan fingerprint density at radius 3 is 2.71 bits per heavy atom. The van der Waals surface area contributed by atoms with Gasteiger partial charge in [-0.1, -0.05) is 29.8 Å². The summed E-state index contributed by atoms with van der Waals surface area (Å²) in [6, 6.07) is 8.26. The van der Waals surface area contributed by atoms with Crippen molar-refractivity contribution in [2.45, 2.75) is 45.6 Å². The molecule has 0 saturated carbocycles. The predicted molar refractivity (Wildman–Crippen MR) is 95.5 cm³/mol. The molecule has 24 heavy (non-hydrogen) atoms. The largest absolute Gasteiger partial charge is 0.347 e. The van der Waals surface area contributed by atoms with Crippen LogP contribution >= 0.6 is 0 Å². The van der Waals surface area contributed by atoms with Crippen LogP contribution in [0.5, 0.6) is 0 Å². The van der Waals surface area contributed by atoms with Gasteiger partial charge < -0.3 is 16.0 Å². The van der Waals surface area contributed by atoms with Gasteiger partial charge in [0.15, 0.2) is 0 Å². The fourth-order valence-corrected chi connectivity index (χ4v) is 3.05. The molecule has 0 aromatic heterocycles. The van der Waals surface area contributed by atoms with Gasteiger partial charge in [0, 0.05) is 25.6 Å². The highest BCUT2D eigenvalue weighted by Gasteiger charge is 2.25. The van der Waals surface area contributed by atoms with Crippen LogP contribution < -0.4 is 11.1 Å². The second-order valence-electron chi connectivity index (χ2n) is 6.86. The molecule has 0 bridgehead atoms. The minimum Gasteiger partial charge on any atom is -0.347 e. The van der Waals surface area contributed by atoms with Gasteiger partial charge in [0.1, 0.15) is 0 Å². The van der Waals surface area contributed by atoms with Crippen molar-refractivity contribution in [1.29, 1.82) is 0 Å². The van der Waals surface area contributed by atoms with Crippen molar-refractivity contribution in [3.63, 3.8) is 0 Å². The Bertz CT molecular complexity index is 554. The molecule has 2 amide bonds. The molecular formula is C19H29N3O2. The lowest BCUT2D eigenvalue weighted by Gasteiger charge is -2.34. The number of nitrogens with two attached hydrogens (primary N) is 1. The first-order chi connectivity index (χ1) is 11.5. The summed E-state index contributed by atoms with van der Waals surface area (Å²) in [5.74, 6) is 0.272. The first kappa shape index (κ1) is 18.5. The number of amides is 2. The first-order valence-corrected chi connectivity index (χ1v) is 8.81. The van der Waals surface area contributed by atoms with Crippen molar-refractivity contribution < 1.29 is 9.59 Å². The van der Waals surface area contributed by atoms with E-state index in [1.807, 2.05) is 43.0 Å². The van der Waals surface area contributed by atoms with E-state index >= 15 is 0 Å². The third-order valence-electron chi connectivity index (χ3n) is 4.75. The lowest BCUT2D eigenvalue weighted by atomic mass is 9.92. The van der Waals surface area contributed by atoms with Gasteiger partial charge in [-0.2, -0.15) is 0 Å². The molecule has 3 N–H and O–H groups in total. The van der Waals surface area contributed by atoms with E-state index in [1.165, 1.54) is 5.56 Å². The Labute approximate surface area is 144 Å². The zero-order chi connectivity index (χ0) is 17.5. The van der Waals surface area contributed by atoms with Crippen molar-refractivity contribution >= 4 is 11.8 Å². The minimum absolute atomic E-state index is 0.0102. The van der Waals surface area contributed by atoms with E-state index < -0.39 is 0 Å². The number of carbonyl (C=O) groups is 2. The third kappa shape index (κ3) is 5.64. The molecule has 1 aliphatic heterocycles. The van der Waals surface area contributed by atoms with E-state index in [0.29, 0.717) is 25.3 Å². The van der Waals surface area contributed by atoms with Crippen molar-refractivity contribution in [3.05, 3.63) is 35.4 Å². The van der Waals surface area contributed by atoms with Gasteiger partial charge in [0.05, 0.1) is 6.54 Å². The summed E-state index contributed by atoms with van der Waals surface area (Å²) < 4.78 is 0. The Morgan fingerprint density at radius 1 is 1.33 bits per heavy atom. The number of benzene rings is 1. The smallest absolute Gasteiger partial charge is 0.241 e. The maximum absolute atomic E-state index is 12.3. The number of aryl methyl sites for hydroxylation is 2. The normalized spacial score (nSPS) is 19.0. The Morgan fingerprint density at radius 2 is 2.04 bits per heavy atom. The van der Waals surface area contributed by atoms with E-state index in [4.69, 9.17) is 5.73 Å². The topological polar surface area (TPSA) is 75.4 Å². The average Bonchev–Trinajstić information content (AvgIpc) is 2.59. The van der Waals surface area contributed by atoms with E-state index in [-0.39, 0.29) is 24.4 Å². The predicted octanol–water partition coefficient (Wildman–Crippen LogP) is 1.63. The highest BCUT2D eigenvalue weighted by molar-refractivity contribution is 5.84. The van der Waals surface area contributed by atoms with E-state index in [0.717, 1.165) is 24.9 Å². The molecule has 2 unspecified atom stereocenters. The monoisotopic (exact) mass is 331 g/mol. The molecule has 0 spiro atoms. The van der Waals surface area contributed by atoms with Crippen molar-refractivity contribution in [2.24, 2.45) is 11.7 Å². The summed E-state index contributed by atoms with van der Waals surface area (Å²) in [5, 5.41) is 2.74. The number of hydrogen-bond acceptors (Lipinski definition) is 3. The summed E-state index contributed by atoms with van der Waals surface area (Å²) in [4.78, 5) is 26.0. The van der Waals surface area contributed by atoms with Crippen LogP contribution in [-0.2, 0) is 16.0 Å². The Balaban J connectivity index is 1.71. The Hall–Kier alpha value is -1.88. The molecule has 132 valence electrons. The van der Waals surface area contributed by atoms with Gasteiger partial charge in [-0.05, 0) is 44.6 Å². The quantitative estimate of drug-likeness (QED) is 0.832. The molecule has 5 heteroatoms. The molecule has 2 atom stereocenters. The van der Waals surface area contributed by atoms with Crippen molar-refractivity contribution in [1.82, 2.24) is 10.2 Å². The molecule has 1 fully saturated rings. The molecule has 0 radical (unpaired) electrons. The van der Waals surface area contributed by atoms with Crippen LogP contribution in [0.4, 0.5) is 0 Å². The summed E-state index contributed by atoms with van der Waals surface area (Å²) in [6.07, 6.45) is 3.15. The highest BCUT2D eigenvalue weighted by atomic mass is 16.2. The van der Waals surface area contributed by atoms with Crippen LogP contribution in [0.2, 0.25) is 0 Å². The molecule has 1 aromatic carbocycles. The molecule has 1 saturated heterocycles. The van der Waals surface area contributed by atoms with Crippen LogP contribution in [0.25, 0.3) is 0 Å². The Kier molecular flexibility index (Phi) is 6.79. The zero-order valence-corrected chi connectivity index (χ0v) is 14.8. The van der Waals surface area contributed by atoms with Crippen LogP contribution in [0.1, 0.15) is 37.3 Å². The fraction of sp³-hybridized carbons (Fsp3) is 0.579. The van der Waals surface area contributed by atoms with Gasteiger partial charge in [0.2, 0.25) is 11.8 Å². The number of likely N-dealkylation sites (tertiary alicyclic amines) is 1. The second-order valence-corrected chi connectivity index (χ2v) is 6.86. The number of rotatable bonds is 6. The molecule has 5 nitrogen and oxygen atoms in total. The fourth-order valence-electron chi connectivity index (χ4n) is 3.05. The van der Waals surface area contributed by atoms with Crippen LogP contribution in [0.3, 0.4) is 0 Å². The van der Waals surface area contributed by atoms with E-state index in [2.05, 4.69) is 5.32 Å². The molecule has 1 heterocycles. The summed E-state index contributed by atoms with van der Waals surface area (Å²) in [5.41, 5.74) is 8.29. The van der Waals surface area contributed by atoms with Gasteiger partial charge in [0.25, 0.3) is 0 Å². The number of nitrogens with one attached hydrogen (secondary N) is 1. The SMILES string of the molecule is Cc1ccc(CCC(=O)NCC(=O)N2CCCC(C(C)N)C2)cc1. The third-order valence-corrected chi connectivity index (χ3v) is 4.75. The second kappa shape index (κ2) is 8.83. The summed E-state index contributed by atoms with van der Waals surface area (Å²) >= 11 is 0. The van der Waals surface area contributed by atoms with Gasteiger partial charge in [-0.15, -0.1) is 0 Å². The van der Waals surface area contributed by atoms with Crippen LogP contribution in [-0.4, -0.2) is 42.4 Å². The molecular weight excluding hydrogens is 302 g/mol. The summed E-state index contributed by atoms with van der Waals surface area (Å²) in [7, 11) is 0. The molecule has 1 aromatic rings. The lowest BCUT2D eigenvalue weighted by Crippen LogP contribution is -2.48. The van der Waals surface area contributed by atoms with Gasteiger partial charge in [-0.25, -0.2) is 0 Å². The zero-order valence-electron chi connectivity index (χ0n) is 14.8. The van der Waals surface area contributed by atoms with Gasteiger partial charge >= 0.3 is 0 Å². The van der Waals surface area contributed by atoms with Gasteiger partial charge in [-0.3, -0.25) is 9.59 Å².